The normalized spacial score (nSPS) is 10.7. The van der Waals surface area contributed by atoms with Gasteiger partial charge in [0.25, 0.3) is 11.6 Å². The Bertz CT molecular complexity index is 893. The van der Waals surface area contributed by atoms with E-state index in [1.807, 2.05) is 13.8 Å². The van der Waals surface area contributed by atoms with E-state index in [-0.39, 0.29) is 18.2 Å². The number of benzene rings is 2. The summed E-state index contributed by atoms with van der Waals surface area (Å²) in [6.07, 6.45) is 3.39. The summed E-state index contributed by atoms with van der Waals surface area (Å²) >= 11 is 0. The first-order valence-corrected chi connectivity index (χ1v) is 10.1. The number of non-ortho nitro benzene ring substituents is 1. The van der Waals surface area contributed by atoms with E-state index in [0.717, 1.165) is 18.4 Å². The number of hydrogen-bond acceptors (Lipinski definition) is 7. The lowest BCUT2D eigenvalue weighted by Crippen LogP contribution is -2.36. The molecule has 2 rings (SSSR count). The van der Waals surface area contributed by atoms with Gasteiger partial charge in [0, 0.05) is 25.2 Å². The minimum Gasteiger partial charge on any atom is -0.493 e. The molecule has 0 heterocycles. The van der Waals surface area contributed by atoms with Crippen molar-refractivity contribution in [2.24, 2.45) is 5.10 Å². The SMILES string of the molecule is CCCN(CCC)C(=O)COc1ccc(C=NNc2ccc([N+](=O)[O-])cc2)cc1OC. The van der Waals surface area contributed by atoms with Crippen LogP contribution in [0.25, 0.3) is 0 Å². The van der Waals surface area contributed by atoms with Gasteiger partial charge in [-0.25, -0.2) is 0 Å². The van der Waals surface area contributed by atoms with Crippen LogP contribution < -0.4 is 14.9 Å². The molecule has 2 aromatic rings. The van der Waals surface area contributed by atoms with E-state index in [2.05, 4.69) is 10.5 Å². The molecule has 0 fully saturated rings. The predicted molar refractivity (Wildman–Crippen MR) is 120 cm³/mol. The number of methoxy groups -OCH3 is 1. The summed E-state index contributed by atoms with van der Waals surface area (Å²) in [4.78, 5) is 24.4. The highest BCUT2D eigenvalue weighted by atomic mass is 16.6. The first kappa shape index (κ1) is 23.7. The third kappa shape index (κ3) is 7.29. The largest absolute Gasteiger partial charge is 0.493 e. The van der Waals surface area contributed by atoms with Crippen molar-refractivity contribution in [3.05, 3.63) is 58.1 Å². The van der Waals surface area contributed by atoms with Gasteiger partial charge in [-0.15, -0.1) is 0 Å². The van der Waals surface area contributed by atoms with Gasteiger partial charge in [-0.3, -0.25) is 20.3 Å². The van der Waals surface area contributed by atoms with Crippen molar-refractivity contribution in [1.29, 1.82) is 0 Å². The van der Waals surface area contributed by atoms with Gasteiger partial charge in [-0.1, -0.05) is 13.8 Å². The molecule has 0 aromatic heterocycles. The Balaban J connectivity index is 1.98. The van der Waals surface area contributed by atoms with Crippen molar-refractivity contribution in [2.75, 3.05) is 32.2 Å². The molecule has 0 saturated carbocycles. The van der Waals surface area contributed by atoms with Crippen molar-refractivity contribution in [3.8, 4) is 11.5 Å². The minimum absolute atomic E-state index is 0.0147. The Morgan fingerprint density at radius 1 is 1.13 bits per heavy atom. The van der Waals surface area contributed by atoms with E-state index in [1.165, 1.54) is 19.2 Å². The Morgan fingerprint density at radius 2 is 1.81 bits per heavy atom. The number of nitro benzene ring substituents is 1. The Labute approximate surface area is 181 Å². The molecular weight excluding hydrogens is 400 g/mol. The fourth-order valence-corrected chi connectivity index (χ4v) is 2.85. The molecule has 0 radical (unpaired) electrons. The van der Waals surface area contributed by atoms with Crippen LogP contribution in [0.1, 0.15) is 32.3 Å². The lowest BCUT2D eigenvalue weighted by Gasteiger charge is -2.21. The van der Waals surface area contributed by atoms with Crippen LogP contribution in [0.5, 0.6) is 11.5 Å². The van der Waals surface area contributed by atoms with E-state index < -0.39 is 4.92 Å². The van der Waals surface area contributed by atoms with Gasteiger partial charge in [0.15, 0.2) is 18.1 Å². The summed E-state index contributed by atoms with van der Waals surface area (Å²) in [5, 5.41) is 14.8. The van der Waals surface area contributed by atoms with Gasteiger partial charge in [0.05, 0.1) is 23.9 Å². The summed E-state index contributed by atoms with van der Waals surface area (Å²) in [5.41, 5.74) is 4.20. The first-order chi connectivity index (χ1) is 15.0. The number of nitro groups is 1. The number of hydrazone groups is 1. The van der Waals surface area contributed by atoms with Gasteiger partial charge < -0.3 is 14.4 Å². The standard InChI is InChI=1S/C22H28N4O5/c1-4-12-25(13-5-2)22(27)16-31-20-11-6-17(14-21(20)30-3)15-23-24-18-7-9-19(10-8-18)26(28)29/h6-11,14-15,24H,4-5,12-13,16H2,1-3H3. The van der Waals surface area contributed by atoms with Crippen LogP contribution in [0.2, 0.25) is 0 Å². The van der Waals surface area contributed by atoms with Crippen LogP contribution in [0.3, 0.4) is 0 Å². The summed E-state index contributed by atoms with van der Waals surface area (Å²) < 4.78 is 11.1. The van der Waals surface area contributed by atoms with E-state index in [1.54, 1.807) is 41.4 Å². The van der Waals surface area contributed by atoms with Gasteiger partial charge in [0.2, 0.25) is 0 Å². The Kier molecular flexibility index (Phi) is 9.28. The molecule has 0 aliphatic carbocycles. The van der Waals surface area contributed by atoms with Crippen molar-refractivity contribution in [1.82, 2.24) is 4.90 Å². The van der Waals surface area contributed by atoms with Crippen LogP contribution in [0, 0.1) is 10.1 Å². The lowest BCUT2D eigenvalue weighted by molar-refractivity contribution is -0.384. The maximum absolute atomic E-state index is 12.4. The number of rotatable bonds is 12. The average molecular weight is 428 g/mol. The van der Waals surface area contributed by atoms with Crippen LogP contribution in [-0.2, 0) is 4.79 Å². The number of carbonyl (C=O) groups is 1. The maximum atomic E-state index is 12.4. The molecule has 1 N–H and O–H groups in total. The van der Waals surface area contributed by atoms with Crippen LogP contribution in [0.4, 0.5) is 11.4 Å². The number of anilines is 1. The fraction of sp³-hybridized carbons (Fsp3) is 0.364. The van der Waals surface area contributed by atoms with E-state index >= 15 is 0 Å². The van der Waals surface area contributed by atoms with Gasteiger partial charge in [-0.2, -0.15) is 5.10 Å². The summed E-state index contributed by atoms with van der Waals surface area (Å²) in [7, 11) is 1.53. The number of amides is 1. The third-order valence-electron chi connectivity index (χ3n) is 4.36. The number of nitrogens with one attached hydrogen (secondary N) is 1. The van der Waals surface area contributed by atoms with Crippen molar-refractivity contribution in [2.45, 2.75) is 26.7 Å². The highest BCUT2D eigenvalue weighted by Gasteiger charge is 2.14. The fourth-order valence-electron chi connectivity index (χ4n) is 2.85. The molecule has 0 aliphatic rings. The molecule has 166 valence electrons. The molecule has 9 nitrogen and oxygen atoms in total. The van der Waals surface area contributed by atoms with Crippen LogP contribution >= 0.6 is 0 Å². The molecular formula is C22H28N4O5. The second-order valence-electron chi connectivity index (χ2n) is 6.75. The number of carbonyl (C=O) groups excluding carboxylic acids is 1. The van der Waals surface area contributed by atoms with E-state index in [0.29, 0.717) is 30.3 Å². The molecule has 0 bridgehead atoms. The molecule has 31 heavy (non-hydrogen) atoms. The molecule has 9 heteroatoms. The van der Waals surface area contributed by atoms with Crippen molar-refractivity contribution in [3.63, 3.8) is 0 Å². The second kappa shape index (κ2) is 12.2. The molecule has 0 spiro atoms. The Hall–Kier alpha value is -3.62. The van der Waals surface area contributed by atoms with Gasteiger partial charge in [-0.05, 0) is 48.7 Å². The molecule has 1 amide bonds. The topological polar surface area (TPSA) is 106 Å². The zero-order valence-electron chi connectivity index (χ0n) is 18.0. The summed E-state index contributed by atoms with van der Waals surface area (Å²) in [6, 6.07) is 11.2. The van der Waals surface area contributed by atoms with Crippen LogP contribution in [-0.4, -0.2) is 48.8 Å². The molecule has 0 atom stereocenters. The molecule has 2 aromatic carbocycles. The lowest BCUT2D eigenvalue weighted by atomic mass is 10.2. The third-order valence-corrected chi connectivity index (χ3v) is 4.36. The number of ether oxygens (including phenoxy) is 2. The molecule has 0 unspecified atom stereocenters. The van der Waals surface area contributed by atoms with Gasteiger partial charge >= 0.3 is 0 Å². The monoisotopic (exact) mass is 428 g/mol. The molecule has 0 saturated heterocycles. The minimum atomic E-state index is -0.457. The van der Waals surface area contributed by atoms with E-state index in [4.69, 9.17) is 9.47 Å². The zero-order valence-corrected chi connectivity index (χ0v) is 18.0. The quantitative estimate of drug-likeness (QED) is 0.310. The smallest absolute Gasteiger partial charge is 0.269 e. The summed E-state index contributed by atoms with van der Waals surface area (Å²) in [6.45, 7) is 5.45. The predicted octanol–water partition coefficient (Wildman–Crippen LogP) is 4.08. The summed E-state index contributed by atoms with van der Waals surface area (Å²) in [5.74, 6) is 0.914. The average Bonchev–Trinajstić information content (AvgIpc) is 2.78. The van der Waals surface area contributed by atoms with Crippen molar-refractivity contribution < 1.29 is 19.2 Å². The van der Waals surface area contributed by atoms with E-state index in [9.17, 15) is 14.9 Å². The molecule has 0 aliphatic heterocycles. The van der Waals surface area contributed by atoms with Crippen molar-refractivity contribution >= 4 is 23.5 Å². The first-order valence-electron chi connectivity index (χ1n) is 10.1. The Morgan fingerprint density at radius 3 is 2.39 bits per heavy atom. The highest BCUT2D eigenvalue weighted by molar-refractivity contribution is 5.82. The zero-order chi connectivity index (χ0) is 22.6. The van der Waals surface area contributed by atoms with Gasteiger partial charge in [0.1, 0.15) is 0 Å². The second-order valence-corrected chi connectivity index (χ2v) is 6.75. The maximum Gasteiger partial charge on any atom is 0.269 e. The number of nitrogens with zero attached hydrogens (tertiary/aromatic N) is 3. The van der Waals surface area contributed by atoms with Crippen LogP contribution in [0.15, 0.2) is 47.6 Å². The number of hydrogen-bond donors (Lipinski definition) is 1. The highest BCUT2D eigenvalue weighted by Crippen LogP contribution is 2.27.